The van der Waals surface area contributed by atoms with Gasteiger partial charge in [-0.3, -0.25) is 4.79 Å². The van der Waals surface area contributed by atoms with Crippen molar-refractivity contribution in [2.24, 2.45) is 0 Å². The number of hydrogen-bond donors (Lipinski definition) is 2. The number of quaternary nitrogens is 1. The molecule has 0 unspecified atom stereocenters. The van der Waals surface area contributed by atoms with Gasteiger partial charge in [0.15, 0.2) is 16.6 Å². The van der Waals surface area contributed by atoms with Gasteiger partial charge in [-0.15, -0.1) is 0 Å². The first-order valence-electron chi connectivity index (χ1n) is 12.7. The Balaban J connectivity index is 4.64. The fourth-order valence-corrected chi connectivity index (χ4v) is 23.2. The van der Waals surface area contributed by atoms with Crippen molar-refractivity contribution in [1.29, 1.82) is 0 Å². The zero-order valence-electron chi connectivity index (χ0n) is 22.4. The lowest BCUT2D eigenvalue weighted by Crippen LogP contribution is -2.50. The van der Waals surface area contributed by atoms with Crippen molar-refractivity contribution in [2.75, 3.05) is 40.3 Å². The van der Waals surface area contributed by atoms with Gasteiger partial charge in [0.05, 0.1) is 27.2 Å². The average molecular weight is 536 g/mol. The lowest BCUT2D eigenvalue weighted by atomic mass is 10.1. The molecule has 0 radical (unpaired) electrons. The van der Waals surface area contributed by atoms with Gasteiger partial charge in [0.2, 0.25) is 5.91 Å². The van der Waals surface area contributed by atoms with E-state index in [2.05, 4.69) is 39.1 Å². The smallest absolute Gasteiger partial charge is 0.275 e. The van der Waals surface area contributed by atoms with Crippen LogP contribution in [0.2, 0.25) is 49.1 Å². The van der Waals surface area contributed by atoms with Gasteiger partial charge >= 0.3 is 0 Å². The molecule has 0 aromatic rings. The van der Waals surface area contributed by atoms with Gasteiger partial charge in [-0.05, 0) is 63.5 Å². The summed E-state index contributed by atoms with van der Waals surface area (Å²) in [7, 11) is -3.42. The van der Waals surface area contributed by atoms with Crippen molar-refractivity contribution in [3.8, 4) is 0 Å². The summed E-state index contributed by atoms with van der Waals surface area (Å²) in [6.45, 7) is 13.0. The molecule has 0 saturated heterocycles. The SMILES string of the molecule is CC[Si](=O)C[Si](CCCNC(=O)CCCCC[N+](C)(C)CCO)(C[Si](=O)CC)O[Si](C)(C)C. The summed E-state index contributed by atoms with van der Waals surface area (Å²) in [6.07, 6.45) is 4.27. The maximum Gasteiger partial charge on any atom is 0.275 e. The highest BCUT2D eigenvalue weighted by Gasteiger charge is 2.42. The molecule has 194 valence electrons. The summed E-state index contributed by atoms with van der Waals surface area (Å²) < 4.78 is 32.7. The number of unbranched alkanes of at least 4 members (excludes halogenated alkanes) is 2. The zero-order valence-corrected chi connectivity index (χ0v) is 26.4. The molecule has 33 heavy (non-hydrogen) atoms. The minimum Gasteiger partial charge on any atom is -0.455 e. The molecule has 0 aliphatic heterocycles. The van der Waals surface area contributed by atoms with Crippen LogP contribution in [0.25, 0.3) is 0 Å². The van der Waals surface area contributed by atoms with Crippen LogP contribution in [-0.2, 0) is 17.8 Å². The second-order valence-electron chi connectivity index (χ2n) is 10.9. The molecule has 0 aliphatic carbocycles. The van der Waals surface area contributed by atoms with E-state index < -0.39 is 34.0 Å². The minimum atomic E-state index is -2.38. The third kappa shape index (κ3) is 17.0. The highest BCUT2D eigenvalue weighted by molar-refractivity contribution is 6.94. The van der Waals surface area contributed by atoms with Crippen LogP contribution in [0.3, 0.4) is 0 Å². The monoisotopic (exact) mass is 535 g/mol. The number of rotatable bonds is 20. The molecule has 0 rings (SSSR count). The molecule has 0 fully saturated rings. The van der Waals surface area contributed by atoms with E-state index in [1.165, 1.54) is 0 Å². The Kier molecular flexibility index (Phi) is 16.4. The number of hydrogen-bond acceptors (Lipinski definition) is 5. The fourth-order valence-electron chi connectivity index (χ4n) is 4.09. The number of nitrogens with zero attached hydrogens (tertiary/aromatic N) is 1. The molecule has 11 heteroatoms. The van der Waals surface area contributed by atoms with Gasteiger partial charge in [0.1, 0.15) is 6.54 Å². The Labute approximate surface area is 207 Å². The summed E-state index contributed by atoms with van der Waals surface area (Å²) in [5.41, 5.74) is 1.27. The van der Waals surface area contributed by atoms with Crippen LogP contribution in [0.5, 0.6) is 0 Å². The van der Waals surface area contributed by atoms with Crippen LogP contribution in [0.15, 0.2) is 0 Å². The number of carbonyl (C=O) groups excluding carboxylic acids is 1. The minimum absolute atomic E-state index is 0.0850. The van der Waals surface area contributed by atoms with E-state index >= 15 is 0 Å². The summed E-state index contributed by atoms with van der Waals surface area (Å²) in [5.74, 6) is 0.0850. The third-order valence-electron chi connectivity index (χ3n) is 5.85. The number of aliphatic hydroxyl groups excluding tert-OH is 1. The van der Waals surface area contributed by atoms with Gasteiger partial charge in [-0.25, -0.2) is 0 Å². The third-order valence-corrected chi connectivity index (χ3v) is 21.2. The molecule has 1 amide bonds. The normalized spacial score (nSPS) is 12.6. The predicted octanol–water partition coefficient (Wildman–Crippen LogP) is 3.88. The molecule has 2 N–H and O–H groups in total. The van der Waals surface area contributed by atoms with Gasteiger partial charge in [-0.2, -0.15) is 0 Å². The van der Waals surface area contributed by atoms with Crippen molar-refractivity contribution in [3.05, 3.63) is 0 Å². The number of amides is 1. The molecule has 0 bridgehead atoms. The van der Waals surface area contributed by atoms with Crippen LogP contribution < -0.4 is 5.32 Å². The lowest BCUT2D eigenvalue weighted by Gasteiger charge is -2.37. The first kappa shape index (κ1) is 32.8. The van der Waals surface area contributed by atoms with Crippen LogP contribution >= 0.6 is 0 Å². The van der Waals surface area contributed by atoms with Crippen LogP contribution in [-0.4, -0.2) is 89.8 Å². The molecular weight excluding hydrogens is 485 g/mol. The molecule has 0 saturated carbocycles. The molecule has 0 spiro atoms. The van der Waals surface area contributed by atoms with Crippen molar-refractivity contribution in [1.82, 2.24) is 5.32 Å². The first-order chi connectivity index (χ1) is 15.3. The Bertz CT molecular complexity index is 594. The Morgan fingerprint density at radius 1 is 0.939 bits per heavy atom. The van der Waals surface area contributed by atoms with E-state index in [1.807, 2.05) is 13.8 Å². The largest absolute Gasteiger partial charge is 0.455 e. The van der Waals surface area contributed by atoms with Crippen LogP contribution in [0, 0.1) is 0 Å². The Hall–Kier alpha value is -0.182. The highest BCUT2D eigenvalue weighted by atomic mass is 28.5. The molecule has 0 atom stereocenters. The molecule has 0 aromatic heterocycles. The number of carbonyl (C=O) groups is 1. The Morgan fingerprint density at radius 3 is 2.00 bits per heavy atom. The van der Waals surface area contributed by atoms with Crippen molar-refractivity contribution >= 4 is 39.9 Å². The van der Waals surface area contributed by atoms with Crippen molar-refractivity contribution < 1.29 is 27.4 Å². The average Bonchev–Trinajstić information content (AvgIpc) is 2.69. The molecule has 0 aromatic carbocycles. The second kappa shape index (κ2) is 16.5. The second-order valence-corrected chi connectivity index (χ2v) is 25.2. The van der Waals surface area contributed by atoms with Crippen LogP contribution in [0.1, 0.15) is 46.0 Å². The molecule has 0 aliphatic rings. The van der Waals surface area contributed by atoms with Crippen molar-refractivity contribution in [2.45, 2.75) is 95.1 Å². The summed E-state index contributed by atoms with van der Waals surface area (Å²) in [6, 6.07) is 2.17. The van der Waals surface area contributed by atoms with E-state index in [9.17, 15) is 13.7 Å². The number of nitrogens with one attached hydrogen (secondary N) is 1. The van der Waals surface area contributed by atoms with Crippen molar-refractivity contribution in [3.63, 3.8) is 0 Å². The van der Waals surface area contributed by atoms with Gasteiger partial charge < -0.3 is 27.9 Å². The summed E-state index contributed by atoms with van der Waals surface area (Å²) in [4.78, 5) is 12.3. The van der Waals surface area contributed by atoms with E-state index in [0.717, 1.165) is 49.3 Å². The molecular formula is C22H51N2O5Si4+. The fraction of sp³-hybridized carbons (Fsp3) is 0.955. The van der Waals surface area contributed by atoms with Crippen LogP contribution in [0.4, 0.5) is 0 Å². The quantitative estimate of drug-likeness (QED) is 0.140. The number of likely N-dealkylation sites (N-methyl/N-ethyl adjacent to an activating group) is 1. The Morgan fingerprint density at radius 2 is 1.52 bits per heavy atom. The molecule has 7 nitrogen and oxygen atoms in total. The number of aliphatic hydroxyl groups is 1. The first-order valence-corrected chi connectivity index (χ1v) is 22.3. The molecule has 0 heterocycles. The van der Waals surface area contributed by atoms with E-state index in [1.54, 1.807) is 0 Å². The maximum atomic E-state index is 12.6. The topological polar surface area (TPSA) is 92.7 Å². The van der Waals surface area contributed by atoms with E-state index in [0.29, 0.717) is 36.4 Å². The predicted molar refractivity (Wildman–Crippen MR) is 143 cm³/mol. The zero-order chi connectivity index (χ0) is 25.5. The standard InChI is InChI=1S/C22H50N2O5Si4/c1-8-30(27)20-33(21-31(28)9-2,29-32(5,6)7)19-13-15-23-22(26)14-11-10-12-16-24(3,4)17-18-25/h25H,8-21H2,1-7H3/p+1. The van der Waals surface area contributed by atoms with Gasteiger partial charge in [0, 0.05) is 24.3 Å². The summed E-state index contributed by atoms with van der Waals surface area (Å²) in [5, 5.41) is 12.1. The summed E-state index contributed by atoms with van der Waals surface area (Å²) >= 11 is 0. The van der Waals surface area contributed by atoms with E-state index in [-0.39, 0.29) is 12.5 Å². The van der Waals surface area contributed by atoms with E-state index in [4.69, 9.17) is 9.22 Å². The maximum absolute atomic E-state index is 12.6. The van der Waals surface area contributed by atoms with Gasteiger partial charge in [-0.1, -0.05) is 13.8 Å². The lowest BCUT2D eigenvalue weighted by molar-refractivity contribution is -0.890. The van der Waals surface area contributed by atoms with Gasteiger partial charge in [0.25, 0.3) is 17.4 Å². The highest BCUT2D eigenvalue weighted by Crippen LogP contribution is 2.29.